The van der Waals surface area contributed by atoms with E-state index in [1.807, 2.05) is 223 Å². The predicted molar refractivity (Wildman–Crippen MR) is 514 cm³/mol. The molecule has 136 heavy (non-hydrogen) atoms. The molecule has 3 unspecified atom stereocenters. The number of carboxylic acids is 1. The molecule has 0 saturated carbocycles. The number of carboxylic acid groups (broad SMARTS) is 1. The number of benzene rings is 3. The molecule has 3 aromatic carbocycles. The molecule has 3 atom stereocenters. The van der Waals surface area contributed by atoms with Crippen LogP contribution in [0, 0.1) is 35.6 Å². The van der Waals surface area contributed by atoms with E-state index < -0.39 is 103 Å². The van der Waals surface area contributed by atoms with Crippen molar-refractivity contribution >= 4 is 71.9 Å². The van der Waals surface area contributed by atoms with E-state index in [2.05, 4.69) is 63.2 Å². The number of aromatic nitrogens is 5. The maximum absolute atomic E-state index is 14.8. The van der Waals surface area contributed by atoms with Crippen molar-refractivity contribution in [3.63, 3.8) is 0 Å². The normalized spacial score (nSPS) is 16.3. The van der Waals surface area contributed by atoms with Crippen LogP contribution in [0.25, 0.3) is 0 Å². The van der Waals surface area contributed by atoms with Crippen molar-refractivity contribution in [3.05, 3.63) is 209 Å². The SMILES string of the molecule is CC(C)(C)OC(=O)N1CC(CCCN)CC1(C)C.CC(C)(C)OC(=O)N1CC(CCCNc2cc(OCc3ccccc3)cc(S(=O)(=O)NC(=O)c3ccc(C(C)(C)C)nc3F)n2)CC1(C)C.CC(C)(C)OC(=O)N1CC(CCCNc2cc(OCc3ccccc3)cc(S(N)(=O)=O)n2)CC1(C)C.CC(C)(C)c1ccc(C(=O)O)c(F)n1.NS(=O)(=O)c1cc(OCc2ccccc2)cc(F)n1. The molecule has 0 spiro atoms. The van der Waals surface area contributed by atoms with E-state index in [0.717, 1.165) is 99.7 Å². The number of nitrogens with one attached hydrogen (secondary N) is 3. The van der Waals surface area contributed by atoms with Crippen molar-refractivity contribution in [1.82, 2.24) is 44.3 Å². The molecule has 4 amide bonds. The molecule has 8 aromatic rings. The number of amides is 4. The summed E-state index contributed by atoms with van der Waals surface area (Å²) in [5.74, 6) is -3.03. The molecule has 5 aromatic heterocycles. The van der Waals surface area contributed by atoms with E-state index in [-0.39, 0.29) is 81.8 Å². The van der Waals surface area contributed by atoms with Crippen molar-refractivity contribution in [2.24, 2.45) is 33.8 Å². The summed E-state index contributed by atoms with van der Waals surface area (Å²) < 4.78 is 150. The second kappa shape index (κ2) is 47.2. The average Bonchev–Trinajstić information content (AvgIpc) is 1.73. The molecule has 746 valence electrons. The molecule has 3 saturated heterocycles. The zero-order valence-corrected chi connectivity index (χ0v) is 84.4. The number of ether oxygens (including phenoxy) is 6. The molecule has 3 aliphatic heterocycles. The van der Waals surface area contributed by atoms with Gasteiger partial charge in [0.25, 0.3) is 36.0 Å². The summed E-state index contributed by atoms with van der Waals surface area (Å²) in [7, 11) is -12.6. The summed E-state index contributed by atoms with van der Waals surface area (Å²) in [6, 6.07) is 41.5. The van der Waals surface area contributed by atoms with Gasteiger partial charge in [-0.1, -0.05) is 133 Å². The number of rotatable bonds is 28. The Balaban J connectivity index is 0.000000251. The van der Waals surface area contributed by atoms with Gasteiger partial charge in [-0.15, -0.1) is 0 Å². The van der Waals surface area contributed by atoms with Crippen LogP contribution < -0.4 is 45.6 Å². The highest BCUT2D eigenvalue weighted by Gasteiger charge is 2.46. The zero-order chi connectivity index (χ0) is 102. The number of hydrogen-bond donors (Lipinski definition) is 7. The average molecular weight is 1950 g/mol. The molecule has 3 aliphatic rings. The van der Waals surface area contributed by atoms with Gasteiger partial charge in [0.15, 0.2) is 15.1 Å². The van der Waals surface area contributed by atoms with Crippen LogP contribution in [0.15, 0.2) is 167 Å². The van der Waals surface area contributed by atoms with E-state index in [0.29, 0.717) is 67.6 Å². The lowest BCUT2D eigenvalue weighted by Gasteiger charge is -2.33. The van der Waals surface area contributed by atoms with Gasteiger partial charge in [-0.25, -0.2) is 75.9 Å². The fraction of sp³-hybridized carbons (Fsp3) is 0.510. The Morgan fingerprint density at radius 3 is 1.07 bits per heavy atom. The number of anilines is 2. The first-order valence-corrected chi connectivity index (χ1v) is 49.6. The number of pyridine rings is 5. The maximum Gasteiger partial charge on any atom is 0.410 e. The Kier molecular flexibility index (Phi) is 38.7. The van der Waals surface area contributed by atoms with Crippen LogP contribution in [-0.4, -0.2) is 173 Å². The van der Waals surface area contributed by atoms with Crippen molar-refractivity contribution < 1.29 is 95.9 Å². The molecule has 0 bridgehead atoms. The van der Waals surface area contributed by atoms with Gasteiger partial charge in [0.05, 0.1) is 5.56 Å². The molecule has 11 rings (SSSR count). The van der Waals surface area contributed by atoms with Crippen LogP contribution in [-0.2, 0) is 74.9 Å². The van der Waals surface area contributed by atoms with Gasteiger partial charge in [-0.3, -0.25) is 4.79 Å². The lowest BCUT2D eigenvalue weighted by molar-refractivity contribution is 0.0118. The van der Waals surface area contributed by atoms with Gasteiger partial charge in [-0.2, -0.15) is 21.6 Å². The zero-order valence-electron chi connectivity index (χ0n) is 81.9. The minimum atomic E-state index is -4.55. The quantitative estimate of drug-likeness (QED) is 0.0136. The first-order valence-electron chi connectivity index (χ1n) is 45.0. The van der Waals surface area contributed by atoms with Crippen molar-refractivity contribution in [1.29, 1.82) is 0 Å². The molecule has 10 N–H and O–H groups in total. The Morgan fingerprint density at radius 2 is 0.750 bits per heavy atom. The number of likely N-dealkylation sites (tertiary alicyclic amines) is 3. The fourth-order valence-electron chi connectivity index (χ4n) is 15.0. The second-order valence-corrected chi connectivity index (χ2v) is 45.4. The number of nitrogens with zero attached hydrogens (tertiary/aromatic N) is 8. The summed E-state index contributed by atoms with van der Waals surface area (Å²) >= 11 is 0. The van der Waals surface area contributed by atoms with E-state index in [1.165, 1.54) is 36.4 Å². The van der Waals surface area contributed by atoms with Crippen LogP contribution in [0.3, 0.4) is 0 Å². The molecule has 3 fully saturated rings. The highest BCUT2D eigenvalue weighted by atomic mass is 32.2. The highest BCUT2D eigenvalue weighted by Crippen LogP contribution is 2.40. The Hall–Kier alpha value is -11.3. The number of primary sulfonamides is 2. The minimum Gasteiger partial charge on any atom is -0.489 e. The van der Waals surface area contributed by atoms with E-state index in [9.17, 15) is 62.4 Å². The van der Waals surface area contributed by atoms with Crippen molar-refractivity contribution in [3.8, 4) is 17.2 Å². The monoisotopic (exact) mass is 1950 g/mol. The third kappa shape index (κ3) is 36.6. The predicted octanol–water partition coefficient (Wildman–Crippen LogP) is 17.8. The number of aromatic carboxylic acids is 1. The Labute approximate surface area is 799 Å². The molecule has 0 aliphatic carbocycles. The minimum absolute atomic E-state index is 0.0559. The van der Waals surface area contributed by atoms with Gasteiger partial charge in [0.2, 0.25) is 17.8 Å². The van der Waals surface area contributed by atoms with Gasteiger partial charge < -0.3 is 64.6 Å². The van der Waals surface area contributed by atoms with Gasteiger partial charge in [0, 0.05) is 108 Å². The van der Waals surface area contributed by atoms with Crippen LogP contribution >= 0.6 is 0 Å². The third-order valence-electron chi connectivity index (χ3n) is 21.6. The molecular formula is C98H137F3N14O18S3. The lowest BCUT2D eigenvalue weighted by atomic mass is 9.91. The van der Waals surface area contributed by atoms with Crippen LogP contribution in [0.2, 0.25) is 0 Å². The molecule has 32 nitrogen and oxygen atoms in total. The largest absolute Gasteiger partial charge is 0.489 e. The summed E-state index contributed by atoms with van der Waals surface area (Å²) in [4.78, 5) is 85.6. The first kappa shape index (κ1) is 112. The third-order valence-corrected chi connectivity index (χ3v) is 24.4. The number of carbonyl (C=O) groups is 5. The van der Waals surface area contributed by atoms with Crippen molar-refractivity contribution in [2.45, 2.75) is 282 Å². The van der Waals surface area contributed by atoms with Gasteiger partial charge >= 0.3 is 24.2 Å². The van der Waals surface area contributed by atoms with Crippen LogP contribution in [0.4, 0.5) is 39.2 Å². The Morgan fingerprint density at radius 1 is 0.434 bits per heavy atom. The molecular weight excluding hydrogens is 1810 g/mol. The topological polar surface area (TPSA) is 452 Å². The van der Waals surface area contributed by atoms with E-state index in [1.54, 1.807) is 17.0 Å². The summed E-state index contributed by atoms with van der Waals surface area (Å²) in [5.41, 5.74) is 5.30. The number of sulfonamides is 3. The van der Waals surface area contributed by atoms with Gasteiger partial charge in [-0.05, 0) is 227 Å². The maximum atomic E-state index is 14.8. The van der Waals surface area contributed by atoms with Gasteiger partial charge in [0.1, 0.15) is 71.1 Å². The molecule has 0 radical (unpaired) electrons. The number of carbonyl (C=O) groups excluding carboxylic acids is 4. The Bertz CT molecular complexity index is 5720. The standard InChI is InChI=1S/C36H48FN5O6S.C26H38N4O5S.C14H28N2O2.C12H11FN2O3S.C10H12FNO2/c1-34(2,3)28-17-16-27(31(37)39-28)32(43)41-49(45,46)30-20-26(47-23-24-13-10-9-11-14-24)19-29(40-30)38-18-12-15-25-21-36(7,8)42(22-25)33(44)48-35(4,5)6;1-25(2,3)35-24(31)30-17-20(16-26(30,4)5)12-9-13-28-22-14-21(15-23(29-22)36(27,32)33)34-18-19-10-7-6-8-11-19;1-13(2,3)18-12(17)16-10-11(7-6-8-15)9-14(16,4)5;13-11-6-10(7-12(15-11)19(14,16)17)18-8-9-4-2-1-3-5-9;1-10(2,3)7-5-4-6(9(13)14)8(11)12-7/h9-11,13-14,16-17,19-20,25H,12,15,18,21-23H2,1-8H3,(H,38,40)(H,41,43);6-8,10-11,14-15,20H,9,12-13,16-18H2,1-5H3,(H,28,29)(H2,27,32,33);11H,6-10,15H2,1-5H3;1-7H,8H2,(H2,14,16,17);4-5H,1-3H3,(H,13,14). The lowest BCUT2D eigenvalue weighted by Crippen LogP contribution is -2.45. The van der Waals surface area contributed by atoms with Crippen LogP contribution in [0.1, 0.15) is 252 Å². The number of halogens is 3. The first-order chi connectivity index (χ1) is 62.9. The number of hydrogen-bond acceptors (Lipinski definition) is 25. The summed E-state index contributed by atoms with van der Waals surface area (Å²) in [6.07, 6.45) is 7.34. The molecule has 8 heterocycles. The highest BCUT2D eigenvalue weighted by molar-refractivity contribution is 7.90. The van der Waals surface area contributed by atoms with Crippen molar-refractivity contribution in [2.75, 3.05) is 49.9 Å². The second-order valence-electron chi connectivity index (χ2n) is 40.7. The summed E-state index contributed by atoms with van der Waals surface area (Å²) in [6.45, 7) is 44.9. The van der Waals surface area contributed by atoms with E-state index in [4.69, 9.17) is 49.5 Å². The fourth-order valence-corrected chi connectivity index (χ4v) is 17.0. The molecule has 38 heteroatoms. The number of nitrogens with two attached hydrogens (primary N) is 3. The van der Waals surface area contributed by atoms with Crippen LogP contribution in [0.5, 0.6) is 17.2 Å². The summed E-state index contributed by atoms with van der Waals surface area (Å²) in [5, 5.41) is 23.9. The van der Waals surface area contributed by atoms with E-state index >= 15 is 0 Å². The smallest absolute Gasteiger partial charge is 0.410 e.